The molecule has 0 bridgehead atoms. The highest BCUT2D eigenvalue weighted by atomic mass is 15.0. The van der Waals surface area contributed by atoms with Gasteiger partial charge in [-0.15, -0.1) is 0 Å². The third-order valence-corrected chi connectivity index (χ3v) is 3.83. The van der Waals surface area contributed by atoms with Crippen molar-refractivity contribution in [1.29, 1.82) is 0 Å². The van der Waals surface area contributed by atoms with E-state index in [4.69, 9.17) is 5.73 Å². The summed E-state index contributed by atoms with van der Waals surface area (Å²) in [5.41, 5.74) is 6.82. The van der Waals surface area contributed by atoms with Crippen LogP contribution in [0.25, 0.3) is 0 Å². The molecule has 3 heteroatoms. The molecule has 1 aromatic rings. The molecule has 0 saturated heterocycles. The zero-order valence-corrected chi connectivity index (χ0v) is 10.2. The third-order valence-electron chi connectivity index (χ3n) is 3.83. The molecule has 2 unspecified atom stereocenters. The molecular weight excluding hydrogens is 198 g/mol. The first-order chi connectivity index (χ1) is 7.79. The van der Waals surface area contributed by atoms with Crippen LogP contribution in [0, 0.1) is 11.8 Å². The lowest BCUT2D eigenvalue weighted by molar-refractivity contribution is 0.260. The van der Waals surface area contributed by atoms with E-state index in [0.717, 1.165) is 24.1 Å². The average molecular weight is 221 g/mol. The fourth-order valence-electron chi connectivity index (χ4n) is 2.86. The molecule has 1 saturated carbocycles. The maximum Gasteiger partial charge on any atom is 0.0948 e. The Kier molecular flexibility index (Phi) is 3.99. The maximum atomic E-state index is 5.67. The van der Waals surface area contributed by atoms with Gasteiger partial charge in [0.1, 0.15) is 0 Å². The van der Waals surface area contributed by atoms with Crippen molar-refractivity contribution in [2.75, 3.05) is 0 Å². The third kappa shape index (κ3) is 2.85. The summed E-state index contributed by atoms with van der Waals surface area (Å²) in [6, 6.07) is 0. The first-order valence-corrected chi connectivity index (χ1v) is 6.48. The van der Waals surface area contributed by atoms with E-state index in [1.807, 2.05) is 12.5 Å². The van der Waals surface area contributed by atoms with Crippen molar-refractivity contribution in [3.8, 4) is 0 Å². The Bertz CT molecular complexity index is 319. The van der Waals surface area contributed by atoms with Crippen LogP contribution in [-0.4, -0.2) is 9.55 Å². The Morgan fingerprint density at radius 2 is 2.38 bits per heavy atom. The Labute approximate surface area is 98.1 Å². The predicted molar refractivity (Wildman–Crippen MR) is 65.9 cm³/mol. The smallest absolute Gasteiger partial charge is 0.0948 e. The molecule has 0 radical (unpaired) electrons. The van der Waals surface area contributed by atoms with Crippen LogP contribution in [0.15, 0.2) is 12.5 Å². The fraction of sp³-hybridized carbons (Fsp3) is 0.769. The Hall–Kier alpha value is -0.830. The van der Waals surface area contributed by atoms with Gasteiger partial charge in [-0.3, -0.25) is 0 Å². The van der Waals surface area contributed by atoms with Gasteiger partial charge in [0.15, 0.2) is 0 Å². The summed E-state index contributed by atoms with van der Waals surface area (Å²) in [6.07, 6.45) is 10.7. The van der Waals surface area contributed by atoms with E-state index in [0.29, 0.717) is 6.54 Å². The van der Waals surface area contributed by atoms with Gasteiger partial charge < -0.3 is 10.3 Å². The monoisotopic (exact) mass is 221 g/mol. The molecular formula is C13H23N3. The van der Waals surface area contributed by atoms with Crippen LogP contribution in [0.5, 0.6) is 0 Å². The summed E-state index contributed by atoms with van der Waals surface area (Å²) >= 11 is 0. The first kappa shape index (κ1) is 11.6. The van der Waals surface area contributed by atoms with Gasteiger partial charge in [0.25, 0.3) is 0 Å². The van der Waals surface area contributed by atoms with Crippen LogP contribution < -0.4 is 5.73 Å². The Morgan fingerprint density at radius 3 is 3.12 bits per heavy atom. The van der Waals surface area contributed by atoms with E-state index in [-0.39, 0.29) is 0 Å². The summed E-state index contributed by atoms with van der Waals surface area (Å²) in [5.74, 6) is 1.84. The van der Waals surface area contributed by atoms with E-state index >= 15 is 0 Å². The number of hydrogen-bond acceptors (Lipinski definition) is 2. The largest absolute Gasteiger partial charge is 0.333 e. The summed E-state index contributed by atoms with van der Waals surface area (Å²) in [4.78, 5) is 4.15. The molecule has 0 aromatic carbocycles. The summed E-state index contributed by atoms with van der Waals surface area (Å²) in [7, 11) is 0. The van der Waals surface area contributed by atoms with Gasteiger partial charge in [0, 0.05) is 19.3 Å². The molecule has 2 rings (SSSR count). The maximum absolute atomic E-state index is 5.67. The first-order valence-electron chi connectivity index (χ1n) is 6.48. The van der Waals surface area contributed by atoms with Gasteiger partial charge in [-0.2, -0.15) is 0 Å². The molecule has 2 N–H and O–H groups in total. The second-order valence-electron chi connectivity index (χ2n) is 5.21. The van der Waals surface area contributed by atoms with Gasteiger partial charge in [-0.25, -0.2) is 4.98 Å². The quantitative estimate of drug-likeness (QED) is 0.849. The fourth-order valence-corrected chi connectivity index (χ4v) is 2.86. The second kappa shape index (κ2) is 5.48. The van der Waals surface area contributed by atoms with Crippen LogP contribution in [0.4, 0.5) is 0 Å². The van der Waals surface area contributed by atoms with Gasteiger partial charge in [0.2, 0.25) is 0 Å². The van der Waals surface area contributed by atoms with E-state index < -0.39 is 0 Å². The molecule has 16 heavy (non-hydrogen) atoms. The minimum absolute atomic E-state index is 0.598. The number of hydrogen-bond donors (Lipinski definition) is 1. The number of nitrogens with zero attached hydrogens (tertiary/aromatic N) is 2. The SMILES string of the molecule is CC1CCCC(CCn2cncc2CN)C1. The lowest BCUT2D eigenvalue weighted by atomic mass is 9.81. The highest BCUT2D eigenvalue weighted by Gasteiger charge is 2.18. The molecule has 1 aliphatic rings. The molecule has 2 atom stereocenters. The van der Waals surface area contributed by atoms with E-state index in [9.17, 15) is 0 Å². The van der Waals surface area contributed by atoms with Crippen molar-refractivity contribution < 1.29 is 0 Å². The highest BCUT2D eigenvalue weighted by molar-refractivity contribution is 4.97. The van der Waals surface area contributed by atoms with Crippen LogP contribution in [0.3, 0.4) is 0 Å². The second-order valence-corrected chi connectivity index (χ2v) is 5.21. The highest BCUT2D eigenvalue weighted by Crippen LogP contribution is 2.30. The zero-order valence-electron chi connectivity index (χ0n) is 10.2. The minimum atomic E-state index is 0.598. The number of aromatic nitrogens is 2. The summed E-state index contributed by atoms with van der Waals surface area (Å²) < 4.78 is 2.21. The van der Waals surface area contributed by atoms with Crippen LogP contribution in [-0.2, 0) is 13.1 Å². The van der Waals surface area contributed by atoms with E-state index in [2.05, 4.69) is 16.5 Å². The number of aryl methyl sites for hydroxylation is 1. The van der Waals surface area contributed by atoms with Crippen molar-refractivity contribution in [3.63, 3.8) is 0 Å². The summed E-state index contributed by atoms with van der Waals surface area (Å²) in [5, 5.41) is 0. The van der Waals surface area contributed by atoms with Crippen molar-refractivity contribution in [2.45, 2.75) is 52.1 Å². The topological polar surface area (TPSA) is 43.8 Å². The van der Waals surface area contributed by atoms with Gasteiger partial charge in [-0.05, 0) is 24.7 Å². The average Bonchev–Trinajstić information content (AvgIpc) is 2.74. The molecule has 0 amide bonds. The Morgan fingerprint density at radius 1 is 1.50 bits per heavy atom. The number of imidazole rings is 1. The van der Waals surface area contributed by atoms with Crippen molar-refractivity contribution in [2.24, 2.45) is 17.6 Å². The standard InChI is InChI=1S/C13H23N3/c1-11-3-2-4-12(7-11)5-6-16-10-15-9-13(16)8-14/h9-12H,2-8,14H2,1H3. The molecule has 3 nitrogen and oxygen atoms in total. The molecule has 90 valence electrons. The molecule has 1 aliphatic carbocycles. The van der Waals surface area contributed by atoms with Crippen LogP contribution >= 0.6 is 0 Å². The predicted octanol–water partition coefficient (Wildman–Crippen LogP) is 2.56. The number of rotatable bonds is 4. The Balaban J connectivity index is 1.82. The molecule has 0 spiro atoms. The van der Waals surface area contributed by atoms with Crippen molar-refractivity contribution in [3.05, 3.63) is 18.2 Å². The van der Waals surface area contributed by atoms with Gasteiger partial charge in [-0.1, -0.05) is 26.2 Å². The molecule has 1 fully saturated rings. The van der Waals surface area contributed by atoms with Crippen LogP contribution in [0.2, 0.25) is 0 Å². The molecule has 1 heterocycles. The van der Waals surface area contributed by atoms with Crippen molar-refractivity contribution >= 4 is 0 Å². The van der Waals surface area contributed by atoms with E-state index in [1.165, 1.54) is 32.1 Å². The molecule has 0 aliphatic heterocycles. The number of nitrogens with two attached hydrogens (primary N) is 1. The minimum Gasteiger partial charge on any atom is -0.333 e. The molecule has 1 aromatic heterocycles. The van der Waals surface area contributed by atoms with Gasteiger partial charge in [0.05, 0.1) is 12.0 Å². The van der Waals surface area contributed by atoms with Crippen LogP contribution in [0.1, 0.15) is 44.7 Å². The zero-order chi connectivity index (χ0) is 11.4. The van der Waals surface area contributed by atoms with Crippen molar-refractivity contribution in [1.82, 2.24) is 9.55 Å². The lowest BCUT2D eigenvalue weighted by Crippen LogP contribution is -2.16. The van der Waals surface area contributed by atoms with Gasteiger partial charge >= 0.3 is 0 Å². The van der Waals surface area contributed by atoms with E-state index in [1.54, 1.807) is 0 Å². The summed E-state index contributed by atoms with van der Waals surface area (Å²) in [6.45, 7) is 4.07. The normalized spacial score (nSPS) is 25.9. The lowest BCUT2D eigenvalue weighted by Gasteiger charge is -2.26.